The van der Waals surface area contributed by atoms with Crippen LogP contribution in [-0.2, 0) is 32.0 Å². The molecule has 0 saturated carbocycles. The first-order valence-corrected chi connectivity index (χ1v) is 11.2. The fourth-order valence-electron chi connectivity index (χ4n) is 3.60. The van der Waals surface area contributed by atoms with E-state index in [4.69, 9.17) is 15.9 Å². The molecule has 9 N–H and O–H groups in total. The molecule has 0 bridgehead atoms. The Morgan fingerprint density at radius 1 is 1.00 bits per heavy atom. The number of imidazole rings is 1. The van der Waals surface area contributed by atoms with E-state index in [0.29, 0.717) is 5.69 Å². The summed E-state index contributed by atoms with van der Waals surface area (Å²) in [6.45, 7) is 0.549. The molecule has 3 aromatic rings. The van der Waals surface area contributed by atoms with Crippen LogP contribution in [0.15, 0.2) is 43.0 Å². The third-order valence-corrected chi connectivity index (χ3v) is 5.61. The molecule has 0 spiro atoms. The molecular formula is C23H29N7O6. The molecule has 0 saturated heterocycles. The molecule has 4 atom stereocenters. The number of aliphatic hydroxyl groups excluding tert-OH is 1. The summed E-state index contributed by atoms with van der Waals surface area (Å²) in [5, 5.41) is 26.3. The largest absolute Gasteiger partial charge is 0.480 e. The van der Waals surface area contributed by atoms with Crippen LogP contribution in [0.5, 0.6) is 0 Å². The van der Waals surface area contributed by atoms with Gasteiger partial charge in [0.15, 0.2) is 0 Å². The number of benzene rings is 1. The van der Waals surface area contributed by atoms with E-state index in [0.717, 1.165) is 16.5 Å². The fraction of sp³-hybridized carbons (Fsp3) is 0.348. The molecule has 0 aliphatic rings. The van der Waals surface area contributed by atoms with Gasteiger partial charge in [0.2, 0.25) is 17.7 Å². The van der Waals surface area contributed by atoms with Crippen molar-refractivity contribution in [2.24, 2.45) is 5.73 Å². The highest BCUT2D eigenvalue weighted by atomic mass is 16.4. The average molecular weight is 500 g/mol. The number of amides is 3. The number of carbonyl (C=O) groups excluding carboxylic acids is 3. The fourth-order valence-corrected chi connectivity index (χ4v) is 3.60. The smallest absolute Gasteiger partial charge is 0.328 e. The van der Waals surface area contributed by atoms with Crippen LogP contribution in [0.25, 0.3) is 10.9 Å². The zero-order chi connectivity index (χ0) is 26.2. The van der Waals surface area contributed by atoms with Crippen LogP contribution in [0.3, 0.4) is 0 Å². The number of nitrogens with two attached hydrogens (primary N) is 1. The second kappa shape index (κ2) is 12.0. The summed E-state index contributed by atoms with van der Waals surface area (Å²) in [6, 6.07) is 2.74. The Balaban J connectivity index is 1.74. The zero-order valence-corrected chi connectivity index (χ0v) is 19.5. The number of hydrogen-bond donors (Lipinski definition) is 8. The van der Waals surface area contributed by atoms with Crippen LogP contribution >= 0.6 is 0 Å². The Morgan fingerprint density at radius 3 is 2.39 bits per heavy atom. The van der Waals surface area contributed by atoms with Gasteiger partial charge < -0.3 is 41.9 Å². The maximum atomic E-state index is 13.1. The summed E-state index contributed by atoms with van der Waals surface area (Å²) in [7, 11) is 0. The van der Waals surface area contributed by atoms with Gasteiger partial charge in [-0.15, -0.1) is 0 Å². The summed E-state index contributed by atoms with van der Waals surface area (Å²) < 4.78 is 0. The van der Waals surface area contributed by atoms with Crippen molar-refractivity contribution >= 4 is 34.6 Å². The van der Waals surface area contributed by atoms with E-state index >= 15 is 0 Å². The number of H-pyrrole nitrogens is 2. The normalized spacial score (nSPS) is 14.4. The van der Waals surface area contributed by atoms with Gasteiger partial charge in [0, 0.05) is 41.8 Å². The van der Waals surface area contributed by atoms with E-state index in [1.165, 1.54) is 13.3 Å². The molecule has 3 amide bonds. The number of hydrogen-bond acceptors (Lipinski definition) is 7. The third-order valence-electron chi connectivity index (χ3n) is 5.61. The summed E-state index contributed by atoms with van der Waals surface area (Å²) in [5.74, 6) is -3.47. The van der Waals surface area contributed by atoms with Gasteiger partial charge >= 0.3 is 5.97 Å². The van der Waals surface area contributed by atoms with Gasteiger partial charge in [0.05, 0.1) is 19.0 Å². The number of carboxylic acids is 1. The number of aromatic amines is 2. The molecule has 0 aliphatic carbocycles. The number of aliphatic hydroxyl groups is 1. The van der Waals surface area contributed by atoms with E-state index in [1.807, 2.05) is 24.3 Å². The topological polar surface area (TPSA) is 215 Å². The number of fused-ring (bicyclic) bond motifs is 1. The van der Waals surface area contributed by atoms with Gasteiger partial charge in [0.1, 0.15) is 18.1 Å². The van der Waals surface area contributed by atoms with Crippen molar-refractivity contribution in [3.05, 3.63) is 54.2 Å². The molecule has 1 aromatic carbocycles. The molecule has 2 heterocycles. The van der Waals surface area contributed by atoms with E-state index in [9.17, 15) is 19.2 Å². The van der Waals surface area contributed by atoms with Crippen molar-refractivity contribution < 1.29 is 29.4 Å². The number of rotatable bonds is 12. The van der Waals surface area contributed by atoms with Crippen LogP contribution in [0, 0.1) is 0 Å². The van der Waals surface area contributed by atoms with Crippen LogP contribution in [-0.4, -0.2) is 79.6 Å². The zero-order valence-electron chi connectivity index (χ0n) is 19.5. The standard InChI is InChI=1S/C23H29N7O6/c1-12(20(32)30-19(10-31)23(35)36)28-22(34)18(6-13-8-26-17-5-3-2-4-15(13)17)29-21(33)16(24)7-14-9-25-11-27-14/h2-5,8-9,11-12,16,18-19,26,31H,6-7,10,24H2,1H3,(H,25,27)(H,28,34)(H,29,33)(H,30,32)(H,35,36). The van der Waals surface area contributed by atoms with Crippen LogP contribution in [0.1, 0.15) is 18.2 Å². The second-order valence-electron chi connectivity index (χ2n) is 8.32. The molecule has 13 nitrogen and oxygen atoms in total. The highest BCUT2D eigenvalue weighted by Crippen LogP contribution is 2.19. The maximum absolute atomic E-state index is 13.1. The number of aromatic nitrogens is 3. The van der Waals surface area contributed by atoms with Gasteiger partial charge in [-0.3, -0.25) is 14.4 Å². The summed E-state index contributed by atoms with van der Waals surface area (Å²) in [5.41, 5.74) is 8.29. The average Bonchev–Trinajstić information content (AvgIpc) is 3.51. The number of nitrogens with zero attached hydrogens (tertiary/aromatic N) is 1. The maximum Gasteiger partial charge on any atom is 0.328 e. The monoisotopic (exact) mass is 499 g/mol. The number of aliphatic carboxylic acids is 1. The van der Waals surface area contributed by atoms with Gasteiger partial charge in [-0.1, -0.05) is 18.2 Å². The molecule has 2 aromatic heterocycles. The minimum absolute atomic E-state index is 0.0983. The molecule has 0 radical (unpaired) electrons. The molecular weight excluding hydrogens is 470 g/mol. The van der Waals surface area contributed by atoms with Crippen molar-refractivity contribution in [2.45, 2.75) is 43.9 Å². The van der Waals surface area contributed by atoms with Crippen molar-refractivity contribution in [1.82, 2.24) is 30.9 Å². The van der Waals surface area contributed by atoms with Crippen LogP contribution < -0.4 is 21.7 Å². The lowest BCUT2D eigenvalue weighted by Gasteiger charge is -2.23. The summed E-state index contributed by atoms with van der Waals surface area (Å²) >= 11 is 0. The van der Waals surface area contributed by atoms with Gasteiger partial charge in [0.25, 0.3) is 0 Å². The van der Waals surface area contributed by atoms with Gasteiger partial charge in [-0.05, 0) is 18.6 Å². The Bertz CT molecular complexity index is 1210. The number of carboxylic acid groups (broad SMARTS) is 1. The number of para-hydroxylation sites is 1. The molecule has 13 heteroatoms. The van der Waals surface area contributed by atoms with Gasteiger partial charge in [-0.2, -0.15) is 0 Å². The van der Waals surface area contributed by atoms with Crippen molar-refractivity contribution in [2.75, 3.05) is 6.61 Å². The molecule has 36 heavy (non-hydrogen) atoms. The predicted octanol–water partition coefficient (Wildman–Crippen LogP) is -1.45. The lowest BCUT2D eigenvalue weighted by Crippen LogP contribution is -2.57. The summed E-state index contributed by atoms with van der Waals surface area (Å²) in [4.78, 5) is 59.3. The number of nitrogens with one attached hydrogen (secondary N) is 5. The quantitative estimate of drug-likeness (QED) is 0.147. The van der Waals surface area contributed by atoms with E-state index in [1.54, 1.807) is 12.4 Å². The Hall–Kier alpha value is -4.23. The third kappa shape index (κ3) is 6.67. The molecule has 0 fully saturated rings. The predicted molar refractivity (Wildman–Crippen MR) is 128 cm³/mol. The Morgan fingerprint density at radius 2 is 1.72 bits per heavy atom. The highest BCUT2D eigenvalue weighted by molar-refractivity contribution is 5.94. The lowest BCUT2D eigenvalue weighted by atomic mass is 10.0. The van der Waals surface area contributed by atoms with Gasteiger partial charge in [-0.25, -0.2) is 9.78 Å². The van der Waals surface area contributed by atoms with E-state index in [2.05, 4.69) is 30.9 Å². The highest BCUT2D eigenvalue weighted by Gasteiger charge is 2.29. The Labute approximate surface area is 205 Å². The van der Waals surface area contributed by atoms with Crippen molar-refractivity contribution in [1.29, 1.82) is 0 Å². The molecule has 4 unspecified atom stereocenters. The first-order valence-electron chi connectivity index (χ1n) is 11.2. The van der Waals surface area contributed by atoms with E-state index < -0.39 is 54.5 Å². The minimum Gasteiger partial charge on any atom is -0.480 e. The van der Waals surface area contributed by atoms with Crippen LogP contribution in [0.4, 0.5) is 0 Å². The number of carbonyl (C=O) groups is 4. The molecule has 3 rings (SSSR count). The van der Waals surface area contributed by atoms with Crippen molar-refractivity contribution in [3.63, 3.8) is 0 Å². The lowest BCUT2D eigenvalue weighted by molar-refractivity contribution is -0.143. The first kappa shape index (κ1) is 26.4. The van der Waals surface area contributed by atoms with Crippen LogP contribution in [0.2, 0.25) is 0 Å². The van der Waals surface area contributed by atoms with E-state index in [-0.39, 0.29) is 12.8 Å². The Kier molecular flexibility index (Phi) is 8.76. The molecule has 192 valence electrons. The summed E-state index contributed by atoms with van der Waals surface area (Å²) in [6.07, 6.45) is 5.01. The molecule has 0 aliphatic heterocycles. The van der Waals surface area contributed by atoms with Crippen molar-refractivity contribution in [3.8, 4) is 0 Å². The minimum atomic E-state index is -1.51. The first-order chi connectivity index (χ1) is 17.2. The second-order valence-corrected chi connectivity index (χ2v) is 8.32. The SMILES string of the molecule is CC(NC(=O)C(Cc1c[nH]c2ccccc12)NC(=O)C(N)Cc1cnc[nH]1)C(=O)NC(CO)C(=O)O.